The molecule has 46 heavy (non-hydrogen) atoms. The molecule has 2 aliphatic heterocycles. The van der Waals surface area contributed by atoms with E-state index in [2.05, 4.69) is 27.8 Å². The fraction of sp³-hybridized carbons (Fsp3) is 0.389. The molecule has 6 aliphatic rings. The fourth-order valence-corrected chi connectivity index (χ4v) is 8.47. The van der Waals surface area contributed by atoms with Gasteiger partial charge in [0.15, 0.2) is 5.04 Å². The molecule has 0 radical (unpaired) electrons. The third-order valence-electron chi connectivity index (χ3n) is 9.83. The number of ether oxygens (including phenoxy) is 2. The standard InChI is InChI=1S/C36H37N3O6S/c1-44-27-13-12-25-29(22-8-3-2-4-9-22)31-26(30(25)27)20-45-19-23-18-37-34(46-32(23)31)33(42)39-36(15-6-16-36)35(43)38-24-10-5-7-21(17-24)11-14-28(40)41/h5,7,10-14,17,20,22,30H,2-4,6,8-9,15-16,18-19H2,1H3,(H,38,43)(H,39,42)(H,40,41)/b14-11+. The molecule has 0 bridgehead atoms. The number of hydrogen-bond acceptors (Lipinski definition) is 7. The summed E-state index contributed by atoms with van der Waals surface area (Å²) in [6, 6.07) is 6.95. The fourth-order valence-electron chi connectivity index (χ4n) is 7.40. The van der Waals surface area contributed by atoms with Crippen molar-refractivity contribution in [3.63, 3.8) is 0 Å². The number of rotatable bonds is 8. The van der Waals surface area contributed by atoms with Crippen molar-refractivity contribution in [2.24, 2.45) is 16.8 Å². The van der Waals surface area contributed by atoms with Crippen molar-refractivity contribution < 1.29 is 29.0 Å². The maximum atomic E-state index is 13.9. The molecule has 2 fully saturated rings. The molecule has 7 rings (SSSR count). The van der Waals surface area contributed by atoms with Crippen LogP contribution in [0.5, 0.6) is 0 Å². The Morgan fingerprint density at radius 1 is 1.11 bits per heavy atom. The number of nitrogens with one attached hydrogen (secondary N) is 2. The van der Waals surface area contributed by atoms with E-state index in [1.165, 1.54) is 53.8 Å². The van der Waals surface area contributed by atoms with Gasteiger partial charge in [0.2, 0.25) is 5.91 Å². The van der Waals surface area contributed by atoms with Crippen LogP contribution < -0.4 is 10.6 Å². The second-order valence-electron chi connectivity index (χ2n) is 12.6. The molecule has 9 nitrogen and oxygen atoms in total. The van der Waals surface area contributed by atoms with Gasteiger partial charge in [-0.3, -0.25) is 14.6 Å². The van der Waals surface area contributed by atoms with Crippen LogP contribution in [0.4, 0.5) is 5.69 Å². The Balaban J connectivity index is 1.12. The first-order chi connectivity index (χ1) is 22.4. The summed E-state index contributed by atoms with van der Waals surface area (Å²) >= 11 is 1.39. The average molecular weight is 640 g/mol. The van der Waals surface area contributed by atoms with Gasteiger partial charge in [0.05, 0.1) is 25.8 Å². The topological polar surface area (TPSA) is 126 Å². The number of nitrogens with zero attached hydrogens (tertiary/aromatic N) is 1. The Morgan fingerprint density at radius 2 is 1.93 bits per heavy atom. The predicted molar refractivity (Wildman–Crippen MR) is 178 cm³/mol. The lowest BCUT2D eigenvalue weighted by molar-refractivity contribution is -0.131. The lowest BCUT2D eigenvalue weighted by Crippen LogP contribution is -2.62. The first-order valence-corrected chi connectivity index (χ1v) is 16.8. The van der Waals surface area contributed by atoms with Crippen LogP contribution in [-0.4, -0.2) is 53.7 Å². The molecular weight excluding hydrogens is 602 g/mol. The number of amides is 2. The molecule has 2 heterocycles. The van der Waals surface area contributed by atoms with Crippen LogP contribution in [0.1, 0.15) is 56.9 Å². The van der Waals surface area contributed by atoms with Gasteiger partial charge >= 0.3 is 5.97 Å². The molecule has 238 valence electrons. The highest BCUT2D eigenvalue weighted by Crippen LogP contribution is 2.57. The Kier molecular flexibility index (Phi) is 8.23. The molecule has 2 saturated carbocycles. The van der Waals surface area contributed by atoms with Crippen molar-refractivity contribution >= 4 is 46.4 Å². The summed E-state index contributed by atoms with van der Waals surface area (Å²) < 4.78 is 11.9. The summed E-state index contributed by atoms with van der Waals surface area (Å²) in [6.45, 7) is 0.775. The van der Waals surface area contributed by atoms with E-state index in [9.17, 15) is 14.4 Å². The Hall–Kier alpha value is -4.31. The molecule has 0 aromatic heterocycles. The first-order valence-electron chi connectivity index (χ1n) is 16.0. The number of allylic oxidation sites excluding steroid dienone is 5. The first kappa shape index (κ1) is 30.3. The minimum absolute atomic E-state index is 0.000538. The quantitative estimate of drug-likeness (QED) is 0.296. The number of methoxy groups -OCH3 is 1. The predicted octanol–water partition coefficient (Wildman–Crippen LogP) is 6.05. The minimum Gasteiger partial charge on any atom is -0.500 e. The molecule has 0 saturated heterocycles. The highest BCUT2D eigenvalue weighted by atomic mass is 32.2. The van der Waals surface area contributed by atoms with E-state index in [0.717, 1.165) is 47.1 Å². The lowest BCUT2D eigenvalue weighted by atomic mass is 9.75. The van der Waals surface area contributed by atoms with Gasteiger partial charge in [-0.2, -0.15) is 0 Å². The van der Waals surface area contributed by atoms with E-state index >= 15 is 0 Å². The van der Waals surface area contributed by atoms with Crippen molar-refractivity contribution in [2.75, 3.05) is 25.6 Å². The van der Waals surface area contributed by atoms with Gasteiger partial charge in [0.1, 0.15) is 17.9 Å². The highest BCUT2D eigenvalue weighted by Gasteiger charge is 2.48. The molecular formula is C36H37N3O6S. The summed E-state index contributed by atoms with van der Waals surface area (Å²) in [5.41, 5.74) is 6.11. The zero-order valence-corrected chi connectivity index (χ0v) is 26.6. The molecule has 1 aromatic carbocycles. The number of carbonyl (C=O) groups excluding carboxylic acids is 2. The number of thioether (sulfide) groups is 1. The number of hydrogen-bond donors (Lipinski definition) is 3. The molecule has 2 amide bonds. The average Bonchev–Trinajstić information content (AvgIpc) is 3.54. The Bertz CT molecular complexity index is 1720. The van der Waals surface area contributed by atoms with Gasteiger partial charge in [0.25, 0.3) is 5.91 Å². The van der Waals surface area contributed by atoms with Crippen LogP contribution in [-0.2, 0) is 23.9 Å². The molecule has 0 spiro atoms. The highest BCUT2D eigenvalue weighted by molar-refractivity contribution is 8.19. The van der Waals surface area contributed by atoms with Crippen molar-refractivity contribution in [2.45, 2.75) is 56.9 Å². The monoisotopic (exact) mass is 639 g/mol. The zero-order chi connectivity index (χ0) is 31.8. The van der Waals surface area contributed by atoms with Crippen LogP contribution in [0.25, 0.3) is 6.08 Å². The molecule has 1 unspecified atom stereocenters. The van der Waals surface area contributed by atoms with E-state index in [4.69, 9.17) is 14.6 Å². The molecule has 1 atom stereocenters. The molecule has 4 aliphatic carbocycles. The van der Waals surface area contributed by atoms with Crippen molar-refractivity contribution in [3.05, 3.63) is 92.8 Å². The zero-order valence-electron chi connectivity index (χ0n) is 25.8. The van der Waals surface area contributed by atoms with E-state index in [1.807, 2.05) is 6.26 Å². The maximum Gasteiger partial charge on any atom is 0.328 e. The summed E-state index contributed by atoms with van der Waals surface area (Å²) in [5, 5.41) is 15.3. The smallest absolute Gasteiger partial charge is 0.328 e. The second kappa shape index (κ2) is 12.5. The van der Waals surface area contributed by atoms with Gasteiger partial charge in [-0.1, -0.05) is 49.2 Å². The Morgan fingerprint density at radius 3 is 2.67 bits per heavy atom. The normalized spacial score (nSPS) is 23.5. The third kappa shape index (κ3) is 5.53. The van der Waals surface area contributed by atoms with Crippen LogP contribution in [0.3, 0.4) is 0 Å². The number of aliphatic imine (C=N–C) groups is 1. The van der Waals surface area contributed by atoms with E-state index in [-0.39, 0.29) is 17.7 Å². The third-order valence-corrected chi connectivity index (χ3v) is 11.0. The van der Waals surface area contributed by atoms with E-state index < -0.39 is 11.5 Å². The summed E-state index contributed by atoms with van der Waals surface area (Å²) in [7, 11) is 1.72. The van der Waals surface area contributed by atoms with Gasteiger partial charge < -0.3 is 25.2 Å². The lowest BCUT2D eigenvalue weighted by Gasteiger charge is -2.41. The van der Waals surface area contributed by atoms with Gasteiger partial charge in [-0.05, 0) is 84.6 Å². The molecule has 1 aromatic rings. The number of carboxylic acid groups (broad SMARTS) is 1. The van der Waals surface area contributed by atoms with Crippen LogP contribution in [0, 0.1) is 11.8 Å². The SMILES string of the molecule is COC1=CC=C2C(C3CCCCC3)=C3C(=COCC4=C3SC(C(=O)NC3(C(=O)Nc5cccc(/C=C/C(=O)O)c5)CCC3)=NC4)C12. The Labute approximate surface area is 272 Å². The molecule has 10 heteroatoms. The van der Waals surface area contributed by atoms with E-state index in [0.29, 0.717) is 48.2 Å². The van der Waals surface area contributed by atoms with Crippen LogP contribution in [0.15, 0.2) is 92.3 Å². The van der Waals surface area contributed by atoms with Crippen molar-refractivity contribution in [1.29, 1.82) is 0 Å². The van der Waals surface area contributed by atoms with Crippen LogP contribution in [0.2, 0.25) is 0 Å². The van der Waals surface area contributed by atoms with Crippen molar-refractivity contribution in [3.8, 4) is 0 Å². The number of aliphatic carboxylic acids is 1. The van der Waals surface area contributed by atoms with Crippen molar-refractivity contribution in [1.82, 2.24) is 5.32 Å². The number of carboxylic acids is 1. The van der Waals surface area contributed by atoms with Gasteiger partial charge in [-0.25, -0.2) is 4.79 Å². The summed E-state index contributed by atoms with van der Waals surface area (Å²) in [5.74, 6) is -0.345. The molecule has 3 N–H and O–H groups in total. The van der Waals surface area contributed by atoms with E-state index in [1.54, 1.807) is 31.4 Å². The summed E-state index contributed by atoms with van der Waals surface area (Å²) in [4.78, 5) is 44.1. The number of carbonyl (C=O) groups is 3. The maximum absolute atomic E-state index is 13.9. The minimum atomic E-state index is -1.05. The van der Waals surface area contributed by atoms with Gasteiger partial charge in [0, 0.05) is 27.8 Å². The summed E-state index contributed by atoms with van der Waals surface area (Å²) in [6.07, 6.45) is 16.5. The number of benzene rings is 1. The number of anilines is 1. The van der Waals surface area contributed by atoms with Gasteiger partial charge in [-0.15, -0.1) is 0 Å². The van der Waals surface area contributed by atoms with Crippen LogP contribution >= 0.6 is 11.8 Å². The second-order valence-corrected chi connectivity index (χ2v) is 13.6. The number of fused-ring (bicyclic) bond motifs is 4. The largest absolute Gasteiger partial charge is 0.500 e.